The molecule has 0 aliphatic carbocycles. The number of nitrogens with zero attached hydrogens (tertiary/aromatic N) is 2. The van der Waals surface area contributed by atoms with E-state index < -0.39 is 0 Å². The Morgan fingerprint density at radius 1 is 1.63 bits per heavy atom. The highest BCUT2D eigenvalue weighted by atomic mass is 35.5. The molecule has 0 aliphatic rings. The molecule has 0 saturated carbocycles. The first-order valence-electron chi connectivity index (χ1n) is 5.62. The first-order chi connectivity index (χ1) is 9.02. The fourth-order valence-corrected chi connectivity index (χ4v) is 1.49. The third kappa shape index (κ3) is 5.40. The number of pyridine rings is 1. The lowest BCUT2D eigenvalue weighted by Crippen LogP contribution is -2.32. The lowest BCUT2D eigenvalue weighted by molar-refractivity contribution is 0.226. The molecule has 100 valence electrons. The summed E-state index contributed by atoms with van der Waals surface area (Å²) in [5.74, 6) is 0. The van der Waals surface area contributed by atoms with Crippen molar-refractivity contribution in [2.75, 3.05) is 18.9 Å². The summed E-state index contributed by atoms with van der Waals surface area (Å²) in [7, 11) is 1.67. The second-order valence-electron chi connectivity index (χ2n) is 3.92. The minimum absolute atomic E-state index is 0.239. The summed E-state index contributed by atoms with van der Waals surface area (Å²) >= 11 is 5.81. The van der Waals surface area contributed by atoms with E-state index >= 15 is 0 Å². The van der Waals surface area contributed by atoms with Gasteiger partial charge in [-0.15, -0.1) is 0 Å². The van der Waals surface area contributed by atoms with Crippen molar-refractivity contribution >= 4 is 23.3 Å². The van der Waals surface area contributed by atoms with E-state index in [1.165, 1.54) is 11.0 Å². The summed E-state index contributed by atoms with van der Waals surface area (Å²) in [6, 6.07) is 3.28. The maximum Gasteiger partial charge on any atom is 0.321 e. The number of halogens is 1. The van der Waals surface area contributed by atoms with Crippen LogP contribution in [0, 0.1) is 0 Å². The topological polar surface area (TPSA) is 45.2 Å². The number of amides is 2. The van der Waals surface area contributed by atoms with Crippen LogP contribution >= 0.6 is 11.6 Å². The Balaban J connectivity index is 2.54. The molecule has 2 amide bonds. The van der Waals surface area contributed by atoms with E-state index in [4.69, 9.17) is 11.6 Å². The number of anilines is 1. The molecule has 0 saturated heterocycles. The van der Waals surface area contributed by atoms with Crippen molar-refractivity contribution in [3.05, 3.63) is 60.4 Å². The first kappa shape index (κ1) is 15.0. The second-order valence-corrected chi connectivity index (χ2v) is 4.36. The van der Waals surface area contributed by atoms with E-state index in [2.05, 4.69) is 23.5 Å². The van der Waals surface area contributed by atoms with Crippen molar-refractivity contribution < 1.29 is 4.79 Å². The predicted octanol–water partition coefficient (Wildman–Crippen LogP) is 3.41. The van der Waals surface area contributed by atoms with Gasteiger partial charge in [-0.3, -0.25) is 4.98 Å². The van der Waals surface area contributed by atoms with Gasteiger partial charge in [0.05, 0.1) is 11.9 Å². The highest BCUT2D eigenvalue weighted by Gasteiger charge is 2.09. The Kier molecular flexibility index (Phi) is 5.82. The van der Waals surface area contributed by atoms with Crippen LogP contribution in [-0.2, 0) is 0 Å². The van der Waals surface area contributed by atoms with Crippen LogP contribution in [0.4, 0.5) is 10.5 Å². The van der Waals surface area contributed by atoms with Gasteiger partial charge in [0, 0.05) is 24.8 Å². The lowest BCUT2D eigenvalue weighted by Gasteiger charge is -2.18. The molecule has 0 bridgehead atoms. The van der Waals surface area contributed by atoms with Crippen LogP contribution in [0.3, 0.4) is 0 Å². The Bertz CT molecular complexity index is 497. The highest BCUT2D eigenvalue weighted by molar-refractivity contribution is 6.31. The van der Waals surface area contributed by atoms with Crippen molar-refractivity contribution in [1.29, 1.82) is 0 Å². The summed E-state index contributed by atoms with van der Waals surface area (Å²) in [5.41, 5.74) is 1.36. The quantitative estimate of drug-likeness (QED) is 0.838. The first-order valence-corrected chi connectivity index (χ1v) is 6.00. The summed E-state index contributed by atoms with van der Waals surface area (Å²) in [5, 5.41) is 3.22. The van der Waals surface area contributed by atoms with Crippen LogP contribution in [-0.4, -0.2) is 29.5 Å². The molecule has 1 aromatic rings. The van der Waals surface area contributed by atoms with E-state index in [0.717, 1.165) is 0 Å². The summed E-state index contributed by atoms with van der Waals surface area (Å²) < 4.78 is 0. The zero-order chi connectivity index (χ0) is 14.3. The standard InChI is InChI=1S/C14H16ClN3O/c1-4-12(15)8-11(2)10-18(3)14(19)17-13-6-5-7-16-9-13/h4-9H,1-2,10H2,3H3,(H,17,19)/b12-8+. The molecule has 0 fully saturated rings. The zero-order valence-electron chi connectivity index (χ0n) is 10.8. The van der Waals surface area contributed by atoms with Gasteiger partial charge in [0.1, 0.15) is 0 Å². The Morgan fingerprint density at radius 3 is 2.95 bits per heavy atom. The van der Waals surface area contributed by atoms with Crippen molar-refractivity contribution in [2.24, 2.45) is 0 Å². The van der Waals surface area contributed by atoms with Gasteiger partial charge in [-0.2, -0.15) is 0 Å². The number of hydrogen-bond acceptors (Lipinski definition) is 2. The maximum absolute atomic E-state index is 11.9. The molecule has 1 rings (SSSR count). The third-order valence-electron chi connectivity index (χ3n) is 2.24. The molecule has 0 aliphatic heterocycles. The molecule has 1 heterocycles. The van der Waals surface area contributed by atoms with E-state index in [0.29, 0.717) is 22.8 Å². The molecular formula is C14H16ClN3O. The van der Waals surface area contributed by atoms with Gasteiger partial charge in [0.15, 0.2) is 0 Å². The third-order valence-corrected chi connectivity index (χ3v) is 2.50. The van der Waals surface area contributed by atoms with Crippen LogP contribution in [0.25, 0.3) is 0 Å². The molecule has 0 unspecified atom stereocenters. The molecule has 5 heteroatoms. The number of carbonyl (C=O) groups is 1. The lowest BCUT2D eigenvalue weighted by atomic mass is 10.2. The smallest absolute Gasteiger partial charge is 0.321 e. The Hall–Kier alpha value is -2.07. The van der Waals surface area contributed by atoms with Crippen LogP contribution < -0.4 is 5.32 Å². The molecular weight excluding hydrogens is 262 g/mol. The Morgan fingerprint density at radius 2 is 2.37 bits per heavy atom. The normalized spacial score (nSPS) is 10.7. The van der Waals surface area contributed by atoms with Gasteiger partial charge in [-0.05, 0) is 23.8 Å². The maximum atomic E-state index is 11.9. The molecule has 1 aromatic heterocycles. The molecule has 4 nitrogen and oxygen atoms in total. The average Bonchev–Trinajstić information content (AvgIpc) is 2.39. The van der Waals surface area contributed by atoms with Crippen molar-refractivity contribution in [1.82, 2.24) is 9.88 Å². The molecule has 0 atom stereocenters. The number of hydrogen-bond donors (Lipinski definition) is 1. The van der Waals surface area contributed by atoms with Crippen LogP contribution in [0.5, 0.6) is 0 Å². The summed E-state index contributed by atoms with van der Waals surface area (Å²) in [6.07, 6.45) is 6.41. The van der Waals surface area contributed by atoms with Gasteiger partial charge < -0.3 is 10.2 Å². The predicted molar refractivity (Wildman–Crippen MR) is 79.2 cm³/mol. The number of rotatable bonds is 5. The van der Waals surface area contributed by atoms with Crippen LogP contribution in [0.2, 0.25) is 0 Å². The number of urea groups is 1. The van der Waals surface area contributed by atoms with Crippen molar-refractivity contribution in [2.45, 2.75) is 0 Å². The van der Waals surface area contributed by atoms with Gasteiger partial charge in [0.25, 0.3) is 0 Å². The molecule has 19 heavy (non-hydrogen) atoms. The SMILES string of the molecule is C=C/C(Cl)=C\C(=C)CN(C)C(=O)Nc1cccnc1. The number of allylic oxidation sites excluding steroid dienone is 2. The second kappa shape index (κ2) is 7.38. The largest absolute Gasteiger partial charge is 0.323 e. The molecule has 0 spiro atoms. The summed E-state index contributed by atoms with van der Waals surface area (Å²) in [4.78, 5) is 17.3. The van der Waals surface area contributed by atoms with Gasteiger partial charge in [0.2, 0.25) is 0 Å². The molecule has 0 aromatic carbocycles. The fraction of sp³-hybridized carbons (Fsp3) is 0.143. The van der Waals surface area contributed by atoms with Crippen LogP contribution in [0.1, 0.15) is 0 Å². The average molecular weight is 278 g/mol. The summed E-state index contributed by atoms with van der Waals surface area (Å²) in [6.45, 7) is 7.74. The van der Waals surface area contributed by atoms with Crippen molar-refractivity contribution in [3.63, 3.8) is 0 Å². The molecule has 0 radical (unpaired) electrons. The minimum atomic E-state index is -0.239. The number of nitrogens with one attached hydrogen (secondary N) is 1. The van der Waals surface area contributed by atoms with Gasteiger partial charge in [-0.1, -0.05) is 30.8 Å². The van der Waals surface area contributed by atoms with Crippen LogP contribution in [0.15, 0.2) is 60.4 Å². The van der Waals surface area contributed by atoms with E-state index in [1.807, 2.05) is 0 Å². The van der Waals surface area contributed by atoms with Crippen molar-refractivity contribution in [3.8, 4) is 0 Å². The van der Waals surface area contributed by atoms with Gasteiger partial charge >= 0.3 is 6.03 Å². The zero-order valence-corrected chi connectivity index (χ0v) is 11.5. The monoisotopic (exact) mass is 277 g/mol. The number of aromatic nitrogens is 1. The highest BCUT2D eigenvalue weighted by Crippen LogP contribution is 2.09. The fourth-order valence-electron chi connectivity index (χ4n) is 1.33. The number of likely N-dealkylation sites (N-methyl/N-ethyl adjacent to an activating group) is 1. The minimum Gasteiger partial charge on any atom is -0.323 e. The van der Waals surface area contributed by atoms with E-state index in [9.17, 15) is 4.79 Å². The van der Waals surface area contributed by atoms with E-state index in [1.54, 1.807) is 37.7 Å². The van der Waals surface area contributed by atoms with E-state index in [-0.39, 0.29) is 6.03 Å². The molecule has 1 N–H and O–H groups in total. The van der Waals surface area contributed by atoms with Gasteiger partial charge in [-0.25, -0.2) is 4.79 Å². The number of carbonyl (C=O) groups excluding carboxylic acids is 1. The Labute approximate surface area is 118 Å².